The van der Waals surface area contributed by atoms with Crippen LogP contribution in [0.3, 0.4) is 0 Å². The van der Waals surface area contributed by atoms with Gasteiger partial charge in [-0.3, -0.25) is 14.4 Å². The molecule has 0 bridgehead atoms. The predicted molar refractivity (Wildman–Crippen MR) is 80.3 cm³/mol. The van der Waals surface area contributed by atoms with Crippen LogP contribution >= 0.6 is 0 Å². The van der Waals surface area contributed by atoms with Crippen molar-refractivity contribution >= 4 is 17.7 Å². The summed E-state index contributed by atoms with van der Waals surface area (Å²) in [5, 5.41) is 0. The topological polar surface area (TPSA) is 88.1 Å². The van der Waals surface area contributed by atoms with Crippen LogP contribution in [0, 0.1) is 11.3 Å². The fraction of sp³-hybridized carbons (Fsp3) is 0.471. The van der Waals surface area contributed by atoms with Gasteiger partial charge in [-0.05, 0) is 26.0 Å². The van der Waals surface area contributed by atoms with E-state index in [0.717, 1.165) is 14.2 Å². The number of ketones is 1. The van der Waals surface area contributed by atoms with Gasteiger partial charge in [0.15, 0.2) is 5.78 Å². The smallest absolute Gasteiger partial charge is 0.327 e. The highest BCUT2D eigenvalue weighted by molar-refractivity contribution is 6.12. The molecule has 128 valence electrons. The number of rotatable bonds is 2. The first-order chi connectivity index (χ1) is 11.3. The zero-order valence-electron chi connectivity index (χ0n) is 13.8. The van der Waals surface area contributed by atoms with Crippen molar-refractivity contribution in [2.24, 2.45) is 11.3 Å². The Morgan fingerprint density at radius 3 is 2.25 bits per heavy atom. The molecule has 0 unspecified atom stereocenters. The van der Waals surface area contributed by atoms with Crippen LogP contribution in [-0.4, -0.2) is 43.8 Å². The standard InChI is InChI=1S/C17H18O7/c1-16(2)17(14(19)21-3,15(20)22-4)11-12(18)9-7-5-6-8-10(9)23-13(11)24-16/h5-8,11,13H,1-4H3/t11-,13+/m1/s1. The number of methoxy groups -OCH3 is 2. The molecule has 0 amide bonds. The molecule has 0 N–H and O–H groups in total. The number of hydrogen-bond acceptors (Lipinski definition) is 7. The van der Waals surface area contributed by atoms with Crippen molar-refractivity contribution < 1.29 is 33.3 Å². The maximum absolute atomic E-state index is 13.1. The quantitative estimate of drug-likeness (QED) is 0.596. The van der Waals surface area contributed by atoms with E-state index in [0.29, 0.717) is 5.75 Å². The van der Waals surface area contributed by atoms with Crippen molar-refractivity contribution in [3.8, 4) is 5.75 Å². The number of Topliss-reactive ketones (excluding diaryl/α,β-unsaturated/α-hetero) is 1. The van der Waals surface area contributed by atoms with E-state index in [1.807, 2.05) is 0 Å². The largest absolute Gasteiger partial charge is 0.468 e. The summed E-state index contributed by atoms with van der Waals surface area (Å²) in [5.41, 5.74) is -3.02. The molecule has 0 aliphatic carbocycles. The second kappa shape index (κ2) is 5.31. The molecule has 0 radical (unpaired) electrons. The van der Waals surface area contributed by atoms with Crippen LogP contribution < -0.4 is 4.74 Å². The highest BCUT2D eigenvalue weighted by Gasteiger charge is 2.75. The Bertz CT molecular complexity index is 705. The fourth-order valence-corrected chi connectivity index (χ4v) is 3.66. The third-order valence-corrected chi connectivity index (χ3v) is 4.79. The molecular weight excluding hydrogens is 316 g/mol. The van der Waals surface area contributed by atoms with Gasteiger partial charge >= 0.3 is 11.9 Å². The van der Waals surface area contributed by atoms with Gasteiger partial charge in [-0.2, -0.15) is 0 Å². The normalized spacial score (nSPS) is 25.9. The van der Waals surface area contributed by atoms with E-state index in [2.05, 4.69) is 0 Å². The zero-order chi connectivity index (χ0) is 17.7. The predicted octanol–water partition coefficient (Wildman–Crippen LogP) is 1.35. The summed E-state index contributed by atoms with van der Waals surface area (Å²) in [6, 6.07) is 6.62. The van der Waals surface area contributed by atoms with E-state index in [-0.39, 0.29) is 5.56 Å². The van der Waals surface area contributed by atoms with Crippen LogP contribution in [0.4, 0.5) is 0 Å². The van der Waals surface area contributed by atoms with Gasteiger partial charge in [-0.25, -0.2) is 0 Å². The summed E-state index contributed by atoms with van der Waals surface area (Å²) in [5.74, 6) is -3.03. The van der Waals surface area contributed by atoms with Gasteiger partial charge in [0.1, 0.15) is 11.7 Å². The van der Waals surface area contributed by atoms with Gasteiger partial charge in [0.25, 0.3) is 0 Å². The SMILES string of the molecule is COC(=O)C1(C(=O)OC)[C@@H]2C(=O)c3ccccc3O[C@H]2OC1(C)C. The monoisotopic (exact) mass is 334 g/mol. The van der Waals surface area contributed by atoms with Gasteiger partial charge in [0.2, 0.25) is 11.7 Å². The van der Waals surface area contributed by atoms with Crippen molar-refractivity contribution in [2.45, 2.75) is 25.7 Å². The third-order valence-electron chi connectivity index (χ3n) is 4.79. The van der Waals surface area contributed by atoms with Crippen LogP contribution in [0.2, 0.25) is 0 Å². The van der Waals surface area contributed by atoms with E-state index >= 15 is 0 Å². The van der Waals surface area contributed by atoms with Crippen LogP contribution in [0.1, 0.15) is 24.2 Å². The Morgan fingerprint density at radius 2 is 1.67 bits per heavy atom. The number of carbonyl (C=O) groups is 3. The maximum Gasteiger partial charge on any atom is 0.327 e. The first-order valence-corrected chi connectivity index (χ1v) is 7.45. The Kier molecular flexibility index (Phi) is 3.64. The lowest BCUT2D eigenvalue weighted by molar-refractivity contribution is -0.183. The number of para-hydroxylation sites is 1. The number of hydrogen-bond donors (Lipinski definition) is 0. The summed E-state index contributed by atoms with van der Waals surface area (Å²) >= 11 is 0. The molecule has 24 heavy (non-hydrogen) atoms. The molecule has 2 heterocycles. The average molecular weight is 334 g/mol. The third kappa shape index (κ3) is 1.84. The van der Waals surface area contributed by atoms with E-state index in [9.17, 15) is 14.4 Å². The van der Waals surface area contributed by atoms with Gasteiger partial charge < -0.3 is 18.9 Å². The minimum atomic E-state index is -1.95. The molecular formula is C17H18O7. The molecule has 0 aromatic heterocycles. The summed E-state index contributed by atoms with van der Waals surface area (Å²) in [6.45, 7) is 3.08. The van der Waals surface area contributed by atoms with Crippen LogP contribution in [-0.2, 0) is 23.8 Å². The van der Waals surface area contributed by atoms with E-state index in [1.54, 1.807) is 38.1 Å². The first kappa shape index (κ1) is 16.4. The molecule has 1 fully saturated rings. The molecule has 0 saturated carbocycles. The Labute approximate surface area is 138 Å². The van der Waals surface area contributed by atoms with Crippen LogP contribution in [0.15, 0.2) is 24.3 Å². The van der Waals surface area contributed by atoms with Gasteiger partial charge in [0.05, 0.1) is 25.4 Å². The second-order valence-electron chi connectivity index (χ2n) is 6.24. The maximum atomic E-state index is 13.1. The molecule has 7 nitrogen and oxygen atoms in total. The highest BCUT2D eigenvalue weighted by atomic mass is 16.7. The molecule has 1 aromatic rings. The summed E-state index contributed by atoms with van der Waals surface area (Å²) in [6.07, 6.45) is -1.08. The molecule has 1 aromatic carbocycles. The number of benzene rings is 1. The number of esters is 2. The van der Waals surface area contributed by atoms with Crippen molar-refractivity contribution in [2.75, 3.05) is 14.2 Å². The molecule has 2 aliphatic rings. The van der Waals surface area contributed by atoms with Gasteiger partial charge in [-0.1, -0.05) is 12.1 Å². The summed E-state index contributed by atoms with van der Waals surface area (Å²) < 4.78 is 21.3. The zero-order valence-corrected chi connectivity index (χ0v) is 13.8. The van der Waals surface area contributed by atoms with Gasteiger partial charge in [-0.15, -0.1) is 0 Å². The first-order valence-electron chi connectivity index (χ1n) is 7.45. The Balaban J connectivity index is 2.24. The minimum absolute atomic E-state index is 0.289. The lowest BCUT2D eigenvalue weighted by Crippen LogP contribution is -2.59. The minimum Gasteiger partial charge on any atom is -0.468 e. The van der Waals surface area contributed by atoms with E-state index in [4.69, 9.17) is 18.9 Å². The lowest BCUT2D eigenvalue weighted by Gasteiger charge is -2.37. The molecule has 2 atom stereocenters. The summed E-state index contributed by atoms with van der Waals surface area (Å²) in [4.78, 5) is 38.4. The summed E-state index contributed by atoms with van der Waals surface area (Å²) in [7, 11) is 2.30. The Morgan fingerprint density at radius 1 is 1.08 bits per heavy atom. The van der Waals surface area contributed by atoms with E-state index < -0.39 is 40.9 Å². The van der Waals surface area contributed by atoms with Crippen molar-refractivity contribution in [3.63, 3.8) is 0 Å². The number of carbonyl (C=O) groups excluding carboxylic acids is 3. The van der Waals surface area contributed by atoms with Crippen LogP contribution in [0.25, 0.3) is 0 Å². The average Bonchev–Trinajstić information content (AvgIpc) is 2.80. The highest BCUT2D eigenvalue weighted by Crippen LogP contribution is 2.55. The molecule has 2 aliphatic heterocycles. The van der Waals surface area contributed by atoms with Crippen molar-refractivity contribution in [1.29, 1.82) is 0 Å². The fourth-order valence-electron chi connectivity index (χ4n) is 3.66. The molecule has 7 heteroatoms. The second-order valence-corrected chi connectivity index (χ2v) is 6.24. The Hall–Kier alpha value is -2.41. The van der Waals surface area contributed by atoms with Gasteiger partial charge in [0, 0.05) is 0 Å². The van der Waals surface area contributed by atoms with Crippen LogP contribution in [0.5, 0.6) is 5.75 Å². The number of ether oxygens (including phenoxy) is 4. The molecule has 0 spiro atoms. The molecule has 3 rings (SSSR count). The van der Waals surface area contributed by atoms with E-state index in [1.165, 1.54) is 0 Å². The lowest BCUT2D eigenvalue weighted by atomic mass is 9.64. The van der Waals surface area contributed by atoms with Crippen molar-refractivity contribution in [1.82, 2.24) is 0 Å². The molecule has 1 saturated heterocycles. The van der Waals surface area contributed by atoms with Crippen molar-refractivity contribution in [3.05, 3.63) is 29.8 Å². The number of fused-ring (bicyclic) bond motifs is 2.